The molecule has 0 saturated carbocycles. The number of pyridine rings is 1. The Morgan fingerprint density at radius 3 is 2.91 bits per heavy atom. The first kappa shape index (κ1) is 22.8. The number of aromatic nitrogens is 3. The van der Waals surface area contributed by atoms with Crippen LogP contribution in [0.1, 0.15) is 17.5 Å². The summed E-state index contributed by atoms with van der Waals surface area (Å²) in [4.78, 5) is 30.7. The van der Waals surface area contributed by atoms with Crippen molar-refractivity contribution in [1.82, 2.24) is 20.3 Å². The van der Waals surface area contributed by atoms with Crippen LogP contribution in [-0.4, -0.2) is 55.4 Å². The zero-order chi connectivity index (χ0) is 24.6. The minimum atomic E-state index is -3.95. The van der Waals surface area contributed by atoms with Crippen molar-refractivity contribution in [3.05, 3.63) is 53.2 Å². The fourth-order valence-electron chi connectivity index (χ4n) is 3.64. The molecule has 0 spiro atoms. The lowest BCUT2D eigenvalue weighted by Gasteiger charge is -2.34. The van der Waals surface area contributed by atoms with Gasteiger partial charge in [0.1, 0.15) is 22.8 Å². The van der Waals surface area contributed by atoms with Crippen molar-refractivity contribution in [3.8, 4) is 6.01 Å². The number of nitrogens with zero attached hydrogens (tertiary/aromatic N) is 5. The highest BCUT2D eigenvalue weighted by atomic mass is 35.5. The molecule has 2 aliphatic rings. The summed E-state index contributed by atoms with van der Waals surface area (Å²) in [5.74, 6) is 1.10. The lowest BCUT2D eigenvalue weighted by Crippen LogP contribution is -2.39. The topological polar surface area (TPSA) is 152 Å². The van der Waals surface area contributed by atoms with Crippen LogP contribution in [0.25, 0.3) is 11.6 Å². The second-order valence-corrected chi connectivity index (χ2v) is 9.49. The number of nitrogens with one attached hydrogen (secondary N) is 2. The number of ether oxygens (including phenoxy) is 1. The maximum atomic E-state index is 12.7. The number of aliphatic imine (C=N–C) groups is 1. The van der Waals surface area contributed by atoms with Crippen molar-refractivity contribution in [2.45, 2.75) is 11.3 Å². The molecular weight excluding hydrogens is 498 g/mol. The molecule has 3 aromatic rings. The molecule has 5 rings (SSSR count). The highest BCUT2D eigenvalue weighted by Crippen LogP contribution is 2.39. The predicted octanol–water partition coefficient (Wildman–Crippen LogP) is 2.80. The molecule has 2 N–H and O–H groups in total. The van der Waals surface area contributed by atoms with Crippen LogP contribution in [0.5, 0.6) is 6.01 Å². The number of hydrogen-bond acceptors (Lipinski definition) is 10. The molecule has 35 heavy (non-hydrogen) atoms. The zero-order valence-corrected chi connectivity index (χ0v) is 19.8. The number of amidine groups is 1. The number of carbonyl (C=O) groups excluding carboxylic acids is 1. The number of fused-ring (bicyclic) bond motifs is 3. The second kappa shape index (κ2) is 9.00. The van der Waals surface area contributed by atoms with E-state index in [1.165, 1.54) is 31.8 Å². The Balaban J connectivity index is 1.56. The lowest BCUT2D eigenvalue weighted by atomic mass is 9.97. The average molecular weight is 516 g/mol. The van der Waals surface area contributed by atoms with E-state index in [9.17, 15) is 13.2 Å². The van der Waals surface area contributed by atoms with Gasteiger partial charge in [-0.2, -0.15) is 4.98 Å². The van der Waals surface area contributed by atoms with Gasteiger partial charge in [0, 0.05) is 49.2 Å². The lowest BCUT2D eigenvalue weighted by molar-refractivity contribution is 0.199. The molecule has 0 aromatic carbocycles. The molecule has 0 saturated heterocycles. The van der Waals surface area contributed by atoms with Gasteiger partial charge in [-0.25, -0.2) is 23.2 Å². The Hall–Kier alpha value is -3.97. The van der Waals surface area contributed by atoms with Crippen molar-refractivity contribution in [2.24, 2.45) is 4.99 Å². The number of sulfonamides is 1. The van der Waals surface area contributed by atoms with Gasteiger partial charge in [0.2, 0.25) is 0 Å². The van der Waals surface area contributed by atoms with Crippen LogP contribution in [0.15, 0.2) is 51.4 Å². The zero-order valence-electron chi connectivity index (χ0n) is 18.2. The molecule has 0 aliphatic carbocycles. The molecule has 2 aliphatic heterocycles. The summed E-state index contributed by atoms with van der Waals surface area (Å²) in [6.07, 6.45) is 7.25. The van der Waals surface area contributed by atoms with Gasteiger partial charge in [0.25, 0.3) is 10.0 Å². The van der Waals surface area contributed by atoms with Crippen LogP contribution in [0.4, 0.5) is 16.4 Å². The SMILES string of the molecule is CNC(=O)Oc1ncc2c(n1)N1CCCN=C1C(c1ccnc(NS(=O)(=O)c3ccoc3)c1Cl)=C2. The Morgan fingerprint density at radius 2 is 2.14 bits per heavy atom. The third kappa shape index (κ3) is 4.31. The summed E-state index contributed by atoms with van der Waals surface area (Å²) in [6.45, 7) is 1.20. The molecule has 5 heterocycles. The fraction of sp³-hybridized carbons (Fsp3) is 0.190. The minimum Gasteiger partial charge on any atom is -0.471 e. The number of furan rings is 1. The first-order valence-electron chi connectivity index (χ1n) is 10.4. The fourth-order valence-corrected chi connectivity index (χ4v) is 4.90. The molecule has 0 bridgehead atoms. The van der Waals surface area contributed by atoms with Crippen molar-refractivity contribution in [1.29, 1.82) is 0 Å². The van der Waals surface area contributed by atoms with E-state index in [0.29, 0.717) is 41.4 Å². The van der Waals surface area contributed by atoms with Gasteiger partial charge in [-0.15, -0.1) is 0 Å². The number of amides is 1. The molecule has 14 heteroatoms. The third-order valence-electron chi connectivity index (χ3n) is 5.23. The minimum absolute atomic E-state index is 0.0365. The normalized spacial score (nSPS) is 14.9. The van der Waals surface area contributed by atoms with Gasteiger partial charge in [-0.1, -0.05) is 11.6 Å². The van der Waals surface area contributed by atoms with Gasteiger partial charge in [0.05, 0.1) is 11.3 Å². The summed E-state index contributed by atoms with van der Waals surface area (Å²) in [5.41, 5.74) is 1.82. The first-order chi connectivity index (χ1) is 16.9. The van der Waals surface area contributed by atoms with Crippen molar-refractivity contribution in [3.63, 3.8) is 0 Å². The maximum absolute atomic E-state index is 12.7. The van der Waals surface area contributed by atoms with E-state index in [2.05, 4.69) is 30.0 Å². The largest absolute Gasteiger partial charge is 0.471 e. The summed E-state index contributed by atoms with van der Waals surface area (Å²) >= 11 is 6.64. The maximum Gasteiger partial charge on any atom is 0.414 e. The van der Waals surface area contributed by atoms with E-state index in [0.717, 1.165) is 12.7 Å². The molecule has 0 radical (unpaired) electrons. The average Bonchev–Trinajstić information content (AvgIpc) is 3.41. The van der Waals surface area contributed by atoms with Crippen LogP contribution in [0.2, 0.25) is 5.02 Å². The van der Waals surface area contributed by atoms with Crippen LogP contribution < -0.4 is 19.7 Å². The molecule has 0 fully saturated rings. The van der Waals surface area contributed by atoms with Crippen LogP contribution in [0, 0.1) is 0 Å². The number of anilines is 2. The van der Waals surface area contributed by atoms with Gasteiger partial charge in [-0.05, 0) is 24.6 Å². The van der Waals surface area contributed by atoms with E-state index < -0.39 is 16.1 Å². The number of hydrogen-bond donors (Lipinski definition) is 2. The molecule has 1 amide bonds. The quantitative estimate of drug-likeness (QED) is 0.522. The third-order valence-corrected chi connectivity index (χ3v) is 6.93. The highest BCUT2D eigenvalue weighted by molar-refractivity contribution is 7.92. The summed E-state index contributed by atoms with van der Waals surface area (Å²) in [7, 11) is -2.51. The summed E-state index contributed by atoms with van der Waals surface area (Å²) in [5, 5.41) is 2.45. The van der Waals surface area contributed by atoms with Crippen LogP contribution in [0.3, 0.4) is 0 Å². The van der Waals surface area contributed by atoms with Gasteiger partial charge >= 0.3 is 12.1 Å². The van der Waals surface area contributed by atoms with E-state index >= 15 is 0 Å². The number of halogens is 1. The van der Waals surface area contributed by atoms with Crippen molar-refractivity contribution >= 4 is 56.8 Å². The number of carbonyl (C=O) groups is 1. The molecule has 0 atom stereocenters. The molecule has 180 valence electrons. The van der Waals surface area contributed by atoms with E-state index in [4.69, 9.17) is 20.8 Å². The van der Waals surface area contributed by atoms with E-state index in [-0.39, 0.29) is 21.7 Å². The first-order valence-corrected chi connectivity index (χ1v) is 12.2. The monoisotopic (exact) mass is 515 g/mol. The standard InChI is InChI=1S/C21H18ClN7O5S/c1-23-21(30)34-20-26-10-12-9-15(19-25-5-2-7-29(19)18(12)27-20)14-3-6-24-17(16(14)22)28-35(31,32)13-4-8-33-11-13/h3-4,6,8-11H,2,5,7H2,1H3,(H,23,30)(H,24,28). The Morgan fingerprint density at radius 1 is 1.29 bits per heavy atom. The molecule has 3 aromatic heterocycles. The van der Waals surface area contributed by atoms with Gasteiger partial charge in [0.15, 0.2) is 5.82 Å². The van der Waals surface area contributed by atoms with E-state index in [1.54, 1.807) is 12.1 Å². The Labute approximate surface area is 204 Å². The molecular formula is C21H18ClN7O5S. The number of rotatable bonds is 5. The Kier molecular flexibility index (Phi) is 5.86. The highest BCUT2D eigenvalue weighted by Gasteiger charge is 2.31. The Bertz CT molecular complexity index is 1470. The van der Waals surface area contributed by atoms with Crippen LogP contribution in [-0.2, 0) is 10.0 Å². The second-order valence-electron chi connectivity index (χ2n) is 7.43. The van der Waals surface area contributed by atoms with E-state index in [1.807, 2.05) is 4.90 Å². The van der Waals surface area contributed by atoms with Gasteiger partial charge in [-0.3, -0.25) is 9.71 Å². The predicted molar refractivity (Wildman–Crippen MR) is 128 cm³/mol. The van der Waals surface area contributed by atoms with Crippen molar-refractivity contribution in [2.75, 3.05) is 29.8 Å². The van der Waals surface area contributed by atoms with Gasteiger partial charge < -0.3 is 19.4 Å². The smallest absolute Gasteiger partial charge is 0.414 e. The summed E-state index contributed by atoms with van der Waals surface area (Å²) < 4.78 is 37.6. The molecule has 12 nitrogen and oxygen atoms in total. The van der Waals surface area contributed by atoms with Crippen LogP contribution >= 0.6 is 11.6 Å². The summed E-state index contributed by atoms with van der Waals surface area (Å²) in [6, 6.07) is 2.90. The van der Waals surface area contributed by atoms with Crippen molar-refractivity contribution < 1.29 is 22.4 Å². The molecule has 0 unspecified atom stereocenters.